The molecule has 0 amide bonds. The first-order chi connectivity index (χ1) is 9.81. The van der Waals surface area contributed by atoms with E-state index in [0.717, 1.165) is 19.4 Å². The van der Waals surface area contributed by atoms with Crippen molar-refractivity contribution in [2.24, 2.45) is 0 Å². The van der Waals surface area contributed by atoms with E-state index >= 15 is 0 Å². The molecule has 0 aromatic rings. The van der Waals surface area contributed by atoms with Gasteiger partial charge in [0.2, 0.25) is 0 Å². The molecule has 0 fully saturated rings. The van der Waals surface area contributed by atoms with Crippen LogP contribution in [0.2, 0.25) is 0 Å². The summed E-state index contributed by atoms with van der Waals surface area (Å²) in [6.45, 7) is 5.90. The normalized spacial score (nSPS) is 11.8. The lowest BCUT2D eigenvalue weighted by atomic mass is 10.1. The molecule has 0 saturated carbocycles. The fourth-order valence-electron chi connectivity index (χ4n) is 2.15. The van der Waals surface area contributed by atoms with Crippen molar-refractivity contribution in [3.8, 4) is 0 Å². The molecule has 1 N–H and O–H groups in total. The maximum Gasteiger partial charge on any atom is 0.612 e. The van der Waals surface area contributed by atoms with Gasteiger partial charge in [-0.15, -0.1) is 4.52 Å². The Hall–Kier alpha value is 0.0200. The lowest BCUT2D eigenvalue weighted by Gasteiger charge is -1.98. The van der Waals surface area contributed by atoms with Gasteiger partial charge in [0.1, 0.15) is 6.61 Å². The molecule has 0 heterocycles. The molecule has 0 spiro atoms. The first-order valence-electron chi connectivity index (χ1n) is 8.65. The second kappa shape index (κ2) is 17.1. The maximum atomic E-state index is 11.5. The Kier molecular flexibility index (Phi) is 17.1. The van der Waals surface area contributed by atoms with Crippen LogP contribution in [0.15, 0.2) is 0 Å². The Morgan fingerprint density at radius 1 is 0.750 bits per heavy atom. The molecule has 0 rings (SSSR count). The van der Waals surface area contributed by atoms with Gasteiger partial charge < -0.3 is 0 Å². The number of hydrogen-bond donors (Lipinski definition) is 1. The molecule has 0 radical (unpaired) electrons. The topological polar surface area (TPSA) is 38.3 Å². The summed E-state index contributed by atoms with van der Waals surface area (Å²) in [5.41, 5.74) is 0. The molecule has 1 atom stereocenters. The van der Waals surface area contributed by atoms with Crippen molar-refractivity contribution in [2.45, 2.75) is 90.9 Å². The highest BCUT2D eigenvalue weighted by Crippen LogP contribution is 2.17. The number of hydrogen-bond acceptors (Lipinski definition) is 2. The van der Waals surface area contributed by atoms with E-state index in [1.807, 2.05) is 0 Å². The minimum atomic E-state index is -1.64. The van der Waals surface area contributed by atoms with Crippen molar-refractivity contribution in [1.29, 1.82) is 0 Å². The van der Waals surface area contributed by atoms with E-state index in [1.54, 1.807) is 0 Å². The van der Waals surface area contributed by atoms with Crippen molar-refractivity contribution in [1.82, 2.24) is 5.09 Å². The van der Waals surface area contributed by atoms with Gasteiger partial charge in [-0.25, -0.2) is 0 Å². The molecule has 4 heteroatoms. The van der Waals surface area contributed by atoms with Crippen LogP contribution in [-0.2, 0) is 9.09 Å². The summed E-state index contributed by atoms with van der Waals surface area (Å²) in [6.07, 6.45) is 15.0. The quantitative estimate of drug-likeness (QED) is 0.282. The molecule has 120 valence electrons. The summed E-state index contributed by atoms with van der Waals surface area (Å²) in [4.78, 5) is 0. The average Bonchev–Trinajstić information content (AvgIpc) is 2.45. The van der Waals surface area contributed by atoms with Gasteiger partial charge in [0, 0.05) is 6.54 Å². The SMILES string of the molecule is CCCCCCCCN[P+](=O)OCCCCCCCC. The minimum absolute atomic E-state index is 0.630. The van der Waals surface area contributed by atoms with E-state index in [0.29, 0.717) is 6.61 Å². The predicted molar refractivity (Wildman–Crippen MR) is 88.3 cm³/mol. The lowest BCUT2D eigenvalue weighted by Crippen LogP contribution is -2.07. The highest BCUT2D eigenvalue weighted by Gasteiger charge is 2.15. The second-order valence-corrected chi connectivity index (χ2v) is 6.62. The van der Waals surface area contributed by atoms with Gasteiger partial charge in [-0.3, -0.25) is 0 Å². The summed E-state index contributed by atoms with van der Waals surface area (Å²) in [5, 5.41) is 2.97. The zero-order chi connectivity index (χ0) is 14.9. The van der Waals surface area contributed by atoms with Gasteiger partial charge in [-0.2, -0.15) is 0 Å². The summed E-state index contributed by atoms with van der Waals surface area (Å²) >= 11 is 0. The highest BCUT2D eigenvalue weighted by molar-refractivity contribution is 7.36. The van der Waals surface area contributed by atoms with E-state index in [9.17, 15) is 4.57 Å². The van der Waals surface area contributed by atoms with Crippen LogP contribution < -0.4 is 5.09 Å². The molecular formula is C16H35NO2P+. The summed E-state index contributed by atoms with van der Waals surface area (Å²) in [6, 6.07) is 0. The van der Waals surface area contributed by atoms with Crippen LogP contribution in [0.5, 0.6) is 0 Å². The van der Waals surface area contributed by atoms with Crippen LogP contribution in [0.4, 0.5) is 0 Å². The van der Waals surface area contributed by atoms with Crippen molar-refractivity contribution >= 4 is 8.18 Å². The smallest absolute Gasteiger partial charge is 0.130 e. The van der Waals surface area contributed by atoms with Gasteiger partial charge >= 0.3 is 8.18 Å². The van der Waals surface area contributed by atoms with Crippen molar-refractivity contribution in [2.75, 3.05) is 13.2 Å². The second-order valence-electron chi connectivity index (χ2n) is 5.53. The largest absolute Gasteiger partial charge is 0.612 e. The van der Waals surface area contributed by atoms with Gasteiger partial charge in [0.15, 0.2) is 0 Å². The third kappa shape index (κ3) is 16.1. The standard InChI is InChI=1S/C16H35NO2P/c1-3-5-7-9-11-13-15-17-20(18)19-16-14-12-10-8-6-4-2/h3-16H2,1-2H3,(H,17,18)/q+1. The number of unbranched alkanes of at least 4 members (excludes halogenated alkanes) is 10. The first-order valence-corrected chi connectivity index (χ1v) is 9.82. The van der Waals surface area contributed by atoms with Crippen molar-refractivity contribution < 1.29 is 9.09 Å². The molecule has 20 heavy (non-hydrogen) atoms. The third-order valence-electron chi connectivity index (χ3n) is 3.48. The zero-order valence-corrected chi connectivity index (χ0v) is 14.6. The van der Waals surface area contributed by atoms with E-state index < -0.39 is 8.18 Å². The van der Waals surface area contributed by atoms with Crippen LogP contribution in [0.1, 0.15) is 90.9 Å². The Morgan fingerprint density at radius 2 is 1.25 bits per heavy atom. The molecule has 3 nitrogen and oxygen atoms in total. The molecule has 0 aliphatic rings. The molecule has 1 unspecified atom stereocenters. The molecule has 0 aromatic heterocycles. The molecule has 0 saturated heterocycles. The summed E-state index contributed by atoms with van der Waals surface area (Å²) in [5.74, 6) is 0. The summed E-state index contributed by atoms with van der Waals surface area (Å²) < 4.78 is 16.8. The third-order valence-corrected chi connectivity index (χ3v) is 4.38. The molecule has 0 bridgehead atoms. The van der Waals surface area contributed by atoms with Crippen LogP contribution in [0, 0.1) is 0 Å². The van der Waals surface area contributed by atoms with Crippen LogP contribution in [0.3, 0.4) is 0 Å². The Bertz CT molecular complexity index is 193. The van der Waals surface area contributed by atoms with E-state index in [-0.39, 0.29) is 0 Å². The van der Waals surface area contributed by atoms with Crippen LogP contribution >= 0.6 is 8.18 Å². The number of nitrogens with one attached hydrogen (secondary N) is 1. The molecule has 0 aliphatic carbocycles. The Morgan fingerprint density at radius 3 is 1.85 bits per heavy atom. The van der Waals surface area contributed by atoms with Gasteiger partial charge in [0.25, 0.3) is 0 Å². The fourth-order valence-corrected chi connectivity index (χ4v) is 2.88. The molecule has 0 aromatic carbocycles. The van der Waals surface area contributed by atoms with Gasteiger partial charge in [-0.05, 0) is 17.4 Å². The molecular weight excluding hydrogens is 269 g/mol. The van der Waals surface area contributed by atoms with Gasteiger partial charge in [0.05, 0.1) is 0 Å². The Balaban J connectivity index is 3.13. The number of rotatable bonds is 16. The zero-order valence-electron chi connectivity index (χ0n) is 13.7. The maximum absolute atomic E-state index is 11.5. The Labute approximate surface area is 127 Å². The first kappa shape index (κ1) is 20.0. The predicted octanol–water partition coefficient (Wildman–Crippen LogP) is 5.97. The van der Waals surface area contributed by atoms with Crippen molar-refractivity contribution in [3.05, 3.63) is 0 Å². The minimum Gasteiger partial charge on any atom is -0.130 e. The summed E-state index contributed by atoms with van der Waals surface area (Å²) in [7, 11) is -1.64. The molecule has 0 aliphatic heterocycles. The lowest BCUT2D eigenvalue weighted by molar-refractivity contribution is 0.309. The monoisotopic (exact) mass is 304 g/mol. The van der Waals surface area contributed by atoms with E-state index in [2.05, 4.69) is 18.9 Å². The van der Waals surface area contributed by atoms with Crippen LogP contribution in [0.25, 0.3) is 0 Å². The van der Waals surface area contributed by atoms with Gasteiger partial charge in [-0.1, -0.05) is 83.1 Å². The van der Waals surface area contributed by atoms with E-state index in [4.69, 9.17) is 4.52 Å². The average molecular weight is 304 g/mol. The fraction of sp³-hybridized carbons (Fsp3) is 1.00. The van der Waals surface area contributed by atoms with Crippen LogP contribution in [-0.4, -0.2) is 13.2 Å². The van der Waals surface area contributed by atoms with E-state index in [1.165, 1.54) is 64.2 Å². The van der Waals surface area contributed by atoms with Crippen molar-refractivity contribution in [3.63, 3.8) is 0 Å². The highest BCUT2D eigenvalue weighted by atomic mass is 31.1.